The highest BCUT2D eigenvalue weighted by atomic mass is 32.1. The maximum Gasteiger partial charge on any atom is 0.257 e. The van der Waals surface area contributed by atoms with Crippen molar-refractivity contribution in [3.05, 3.63) is 52.2 Å². The zero-order chi connectivity index (χ0) is 17.8. The Hall–Kier alpha value is -2.18. The molecule has 1 aromatic heterocycles. The quantitative estimate of drug-likeness (QED) is 0.861. The predicted octanol–water partition coefficient (Wildman–Crippen LogP) is 3.47. The number of benzene rings is 1. The zero-order valence-corrected chi connectivity index (χ0v) is 15.4. The van der Waals surface area contributed by atoms with Gasteiger partial charge in [-0.15, -0.1) is 11.3 Å². The largest absolute Gasteiger partial charge is 0.508 e. The summed E-state index contributed by atoms with van der Waals surface area (Å²) in [5, 5.41) is 18.5. The number of rotatable bonds is 6. The first-order chi connectivity index (χ1) is 12.1. The van der Waals surface area contributed by atoms with Crippen LogP contribution in [0, 0.1) is 0 Å². The second kappa shape index (κ2) is 7.80. The van der Waals surface area contributed by atoms with Crippen LogP contribution in [-0.4, -0.2) is 46.3 Å². The maximum absolute atomic E-state index is 12.9. The average Bonchev–Trinajstić information content (AvgIpc) is 3.29. The van der Waals surface area contributed by atoms with Gasteiger partial charge in [-0.1, -0.05) is 38.1 Å². The van der Waals surface area contributed by atoms with Gasteiger partial charge in [-0.25, -0.2) is 5.01 Å². The Kier molecular flexibility index (Phi) is 5.50. The van der Waals surface area contributed by atoms with Crippen LogP contribution in [0.4, 0.5) is 0 Å². The molecule has 132 valence electrons. The summed E-state index contributed by atoms with van der Waals surface area (Å²) in [4.78, 5) is 16.0. The number of carbonyl (C=O) groups excluding carboxylic acids is 1. The highest BCUT2D eigenvalue weighted by molar-refractivity contribution is 7.12. The zero-order valence-electron chi connectivity index (χ0n) is 14.6. The second-order valence-electron chi connectivity index (χ2n) is 6.00. The lowest BCUT2D eigenvalue weighted by molar-refractivity contribution is -0.134. The van der Waals surface area contributed by atoms with Crippen LogP contribution in [0.1, 0.15) is 36.8 Å². The fourth-order valence-electron chi connectivity index (χ4n) is 3.05. The molecule has 1 aliphatic heterocycles. The molecule has 0 radical (unpaired) electrons. The average molecular weight is 357 g/mol. The van der Waals surface area contributed by atoms with Gasteiger partial charge < -0.3 is 5.11 Å². The molecular formula is C19H23N3O2S. The van der Waals surface area contributed by atoms with Crippen LogP contribution in [0.15, 0.2) is 46.9 Å². The van der Waals surface area contributed by atoms with Crippen molar-refractivity contribution >= 4 is 23.0 Å². The van der Waals surface area contributed by atoms with Crippen molar-refractivity contribution in [1.29, 1.82) is 0 Å². The van der Waals surface area contributed by atoms with Gasteiger partial charge in [0.15, 0.2) is 0 Å². The Morgan fingerprint density at radius 1 is 1.28 bits per heavy atom. The Bertz CT molecular complexity index is 754. The summed E-state index contributed by atoms with van der Waals surface area (Å²) in [6, 6.07) is 10.9. The summed E-state index contributed by atoms with van der Waals surface area (Å²) in [6.45, 7) is 6.05. The van der Waals surface area contributed by atoms with Crippen molar-refractivity contribution in [3.63, 3.8) is 0 Å². The lowest BCUT2D eigenvalue weighted by atomic mass is 10.00. The van der Waals surface area contributed by atoms with Crippen molar-refractivity contribution in [3.8, 4) is 5.75 Å². The number of carbonyl (C=O) groups is 1. The second-order valence-corrected chi connectivity index (χ2v) is 6.95. The van der Waals surface area contributed by atoms with Crippen LogP contribution in [0.25, 0.3) is 0 Å². The molecule has 6 heteroatoms. The lowest BCUT2D eigenvalue weighted by Crippen LogP contribution is -2.38. The SMILES string of the molecule is CCN(CC)CC(=O)N1N=C(c2cccs2)C[C@H]1c1ccccc1O. The number of phenolic OH excluding ortho intramolecular Hbond substituents is 1. The van der Waals surface area contributed by atoms with Gasteiger partial charge in [0, 0.05) is 12.0 Å². The number of amides is 1. The Morgan fingerprint density at radius 2 is 2.04 bits per heavy atom. The predicted molar refractivity (Wildman–Crippen MR) is 101 cm³/mol. The molecule has 1 atom stereocenters. The lowest BCUT2D eigenvalue weighted by Gasteiger charge is -2.25. The van der Waals surface area contributed by atoms with E-state index in [-0.39, 0.29) is 17.7 Å². The molecule has 0 fully saturated rings. The number of aromatic hydroxyl groups is 1. The van der Waals surface area contributed by atoms with Gasteiger partial charge in [0.2, 0.25) is 0 Å². The third-order valence-corrected chi connectivity index (χ3v) is 5.44. The summed E-state index contributed by atoms with van der Waals surface area (Å²) in [5.41, 5.74) is 1.64. The first-order valence-corrected chi connectivity index (χ1v) is 9.45. The van der Waals surface area contributed by atoms with E-state index in [1.165, 1.54) is 0 Å². The molecule has 25 heavy (non-hydrogen) atoms. The molecule has 0 aliphatic carbocycles. The number of hydrazone groups is 1. The molecule has 3 rings (SSSR count). The number of phenols is 1. The summed E-state index contributed by atoms with van der Waals surface area (Å²) in [7, 11) is 0. The highest BCUT2D eigenvalue weighted by Crippen LogP contribution is 2.37. The summed E-state index contributed by atoms with van der Waals surface area (Å²) in [6.07, 6.45) is 0.613. The molecule has 5 nitrogen and oxygen atoms in total. The standard InChI is InChI=1S/C19H23N3O2S/c1-3-21(4-2)13-19(24)22-16(14-8-5-6-9-17(14)23)12-15(20-22)18-10-7-11-25-18/h5-11,16,23H,3-4,12-13H2,1-2H3/t16-/m0/s1. The fourth-order valence-corrected chi connectivity index (χ4v) is 3.78. The normalized spacial score (nSPS) is 17.2. The van der Waals surface area contributed by atoms with Gasteiger partial charge in [-0.05, 0) is 30.6 Å². The van der Waals surface area contributed by atoms with Gasteiger partial charge in [0.25, 0.3) is 5.91 Å². The van der Waals surface area contributed by atoms with Crippen molar-refractivity contribution < 1.29 is 9.90 Å². The van der Waals surface area contributed by atoms with Crippen molar-refractivity contribution in [2.75, 3.05) is 19.6 Å². The highest BCUT2D eigenvalue weighted by Gasteiger charge is 2.35. The van der Waals surface area contributed by atoms with Gasteiger partial charge in [0.05, 0.1) is 23.2 Å². The smallest absolute Gasteiger partial charge is 0.257 e. The molecule has 1 amide bonds. The van der Waals surface area contributed by atoms with Gasteiger partial charge in [-0.3, -0.25) is 9.69 Å². The summed E-state index contributed by atoms with van der Waals surface area (Å²) < 4.78 is 0. The number of para-hydroxylation sites is 1. The first-order valence-electron chi connectivity index (χ1n) is 8.57. The van der Waals surface area contributed by atoms with E-state index in [9.17, 15) is 9.90 Å². The van der Waals surface area contributed by atoms with Crippen LogP contribution in [0.5, 0.6) is 5.75 Å². The van der Waals surface area contributed by atoms with E-state index in [1.54, 1.807) is 28.5 Å². The molecule has 2 aromatic rings. The van der Waals surface area contributed by atoms with E-state index in [4.69, 9.17) is 0 Å². The number of nitrogens with zero attached hydrogens (tertiary/aromatic N) is 3. The fraction of sp³-hybridized carbons (Fsp3) is 0.368. The minimum absolute atomic E-state index is 0.0384. The van der Waals surface area contributed by atoms with Crippen molar-refractivity contribution in [1.82, 2.24) is 9.91 Å². The molecular weight excluding hydrogens is 334 g/mol. The maximum atomic E-state index is 12.9. The van der Waals surface area contributed by atoms with Crippen LogP contribution in [0.3, 0.4) is 0 Å². The van der Waals surface area contributed by atoms with E-state index in [2.05, 4.69) is 10.0 Å². The van der Waals surface area contributed by atoms with Gasteiger partial charge >= 0.3 is 0 Å². The summed E-state index contributed by atoms with van der Waals surface area (Å²) >= 11 is 1.62. The van der Waals surface area contributed by atoms with E-state index in [0.717, 1.165) is 29.2 Å². The van der Waals surface area contributed by atoms with E-state index >= 15 is 0 Å². The number of thiophene rings is 1. The molecule has 0 saturated carbocycles. The van der Waals surface area contributed by atoms with Crippen LogP contribution < -0.4 is 0 Å². The monoisotopic (exact) mass is 357 g/mol. The van der Waals surface area contributed by atoms with Crippen LogP contribution in [0.2, 0.25) is 0 Å². The number of hydrogen-bond acceptors (Lipinski definition) is 5. The molecule has 1 aliphatic rings. The Balaban J connectivity index is 1.91. The van der Waals surface area contributed by atoms with Gasteiger partial charge in [-0.2, -0.15) is 5.10 Å². The van der Waals surface area contributed by atoms with Crippen molar-refractivity contribution in [2.45, 2.75) is 26.3 Å². The molecule has 1 aromatic carbocycles. The molecule has 0 spiro atoms. The topological polar surface area (TPSA) is 56.1 Å². The molecule has 0 bridgehead atoms. The van der Waals surface area contributed by atoms with Crippen LogP contribution >= 0.6 is 11.3 Å². The minimum Gasteiger partial charge on any atom is -0.508 e. The van der Waals surface area contributed by atoms with Gasteiger partial charge in [0.1, 0.15) is 5.75 Å². The Labute approximate surface area is 152 Å². The Morgan fingerprint density at radius 3 is 2.68 bits per heavy atom. The van der Waals surface area contributed by atoms with Crippen molar-refractivity contribution in [2.24, 2.45) is 5.10 Å². The molecule has 2 heterocycles. The van der Waals surface area contributed by atoms with E-state index in [0.29, 0.717) is 13.0 Å². The van der Waals surface area contributed by atoms with E-state index in [1.807, 2.05) is 43.5 Å². The first kappa shape index (κ1) is 17.6. The van der Waals surface area contributed by atoms with E-state index < -0.39 is 0 Å². The third kappa shape index (κ3) is 3.75. The minimum atomic E-state index is -0.263. The summed E-state index contributed by atoms with van der Waals surface area (Å²) in [5.74, 6) is 0.166. The molecule has 0 unspecified atom stereocenters. The molecule has 0 saturated heterocycles. The molecule has 1 N–H and O–H groups in total. The number of hydrogen-bond donors (Lipinski definition) is 1. The van der Waals surface area contributed by atoms with Crippen LogP contribution in [-0.2, 0) is 4.79 Å². The number of likely N-dealkylation sites (N-methyl/N-ethyl adjacent to an activating group) is 1. The third-order valence-electron chi connectivity index (χ3n) is 4.52.